The van der Waals surface area contributed by atoms with Crippen LogP contribution in [0.5, 0.6) is 0 Å². The Morgan fingerprint density at radius 2 is 1.71 bits per heavy atom. The van der Waals surface area contributed by atoms with Gasteiger partial charge in [-0.3, -0.25) is 9.59 Å². The number of hydrogen-bond donors (Lipinski definition) is 3. The van der Waals surface area contributed by atoms with Crippen LogP contribution in [0.1, 0.15) is 30.9 Å². The Morgan fingerprint density at radius 3 is 2.29 bits per heavy atom. The summed E-state index contributed by atoms with van der Waals surface area (Å²) in [6, 6.07) is 7.71. The number of benzene rings is 1. The lowest BCUT2D eigenvalue weighted by atomic mass is 10.1. The summed E-state index contributed by atoms with van der Waals surface area (Å²) in [5, 5.41) is 0. The zero-order chi connectivity index (χ0) is 17.9. The summed E-state index contributed by atoms with van der Waals surface area (Å²) in [6.07, 6.45) is 1.33. The molecule has 24 heavy (non-hydrogen) atoms. The summed E-state index contributed by atoms with van der Waals surface area (Å²) in [7, 11) is 0. The van der Waals surface area contributed by atoms with Crippen molar-refractivity contribution in [3.63, 3.8) is 0 Å². The molecule has 7 nitrogen and oxygen atoms in total. The van der Waals surface area contributed by atoms with Crippen LogP contribution in [0.25, 0.3) is 0 Å². The molecule has 1 aromatic rings. The van der Waals surface area contributed by atoms with Gasteiger partial charge in [-0.15, -0.1) is 0 Å². The van der Waals surface area contributed by atoms with E-state index in [1.54, 1.807) is 0 Å². The highest BCUT2D eigenvalue weighted by Gasteiger charge is 2.14. The molecule has 0 radical (unpaired) electrons. The maximum atomic E-state index is 10.8. The molecule has 0 saturated heterocycles. The minimum absolute atomic E-state index is 0.0557. The molecule has 0 heterocycles. The highest BCUT2D eigenvalue weighted by atomic mass is 16.5. The van der Waals surface area contributed by atoms with E-state index in [-0.39, 0.29) is 31.1 Å². The van der Waals surface area contributed by atoms with Gasteiger partial charge in [0.2, 0.25) is 11.8 Å². The summed E-state index contributed by atoms with van der Waals surface area (Å²) in [4.78, 5) is 21.3. The van der Waals surface area contributed by atoms with Crippen LogP contribution in [0.2, 0.25) is 0 Å². The first-order valence-electron chi connectivity index (χ1n) is 7.98. The number of rotatable bonds is 12. The van der Waals surface area contributed by atoms with Crippen LogP contribution in [0.15, 0.2) is 24.3 Å². The van der Waals surface area contributed by atoms with Crippen LogP contribution < -0.4 is 17.2 Å². The third-order valence-corrected chi connectivity index (χ3v) is 3.64. The average Bonchev–Trinajstić information content (AvgIpc) is 2.55. The third kappa shape index (κ3) is 8.61. The second kappa shape index (κ2) is 10.7. The Kier molecular flexibility index (Phi) is 8.99. The molecule has 0 spiro atoms. The van der Waals surface area contributed by atoms with E-state index in [0.29, 0.717) is 26.1 Å². The minimum Gasteiger partial charge on any atom is -0.372 e. The van der Waals surface area contributed by atoms with Gasteiger partial charge in [-0.1, -0.05) is 24.3 Å². The highest BCUT2D eigenvalue weighted by molar-refractivity contribution is 5.75. The smallest absolute Gasteiger partial charge is 0.243 e. The van der Waals surface area contributed by atoms with Crippen molar-refractivity contribution in [1.82, 2.24) is 0 Å². The molecule has 1 aromatic carbocycles. The quantitative estimate of drug-likeness (QED) is 0.470. The van der Waals surface area contributed by atoms with Gasteiger partial charge in [0, 0.05) is 12.5 Å². The van der Waals surface area contributed by atoms with E-state index in [0.717, 1.165) is 11.1 Å². The zero-order valence-corrected chi connectivity index (χ0v) is 14.1. The van der Waals surface area contributed by atoms with Crippen LogP contribution >= 0.6 is 0 Å². The fraction of sp³-hybridized carbons (Fsp3) is 0.529. The molecule has 0 aliphatic heterocycles. The minimum atomic E-state index is -0.467. The monoisotopic (exact) mass is 337 g/mol. The first-order valence-corrected chi connectivity index (χ1v) is 7.98. The van der Waals surface area contributed by atoms with E-state index in [1.807, 2.05) is 31.2 Å². The van der Waals surface area contributed by atoms with Gasteiger partial charge in [-0.2, -0.15) is 0 Å². The van der Waals surface area contributed by atoms with Gasteiger partial charge >= 0.3 is 0 Å². The summed E-state index contributed by atoms with van der Waals surface area (Å²) in [5.74, 6) is -0.821. The van der Waals surface area contributed by atoms with Crippen LogP contribution in [-0.2, 0) is 32.1 Å². The van der Waals surface area contributed by atoms with Crippen LogP contribution in [0.3, 0.4) is 0 Å². The molecule has 6 N–H and O–H groups in total. The standard InChI is InChI=1S/C17H27N3O4/c1-12(15(18)6-7-16(19)21)24-10-14-4-2-13(3-5-14)8-9-23-11-17(20)22/h2-5,12,15H,6-11,18H2,1H3,(H2,19,21)(H2,20,22)/t12-,15+/m1/s1. The summed E-state index contributed by atoms with van der Waals surface area (Å²) < 4.78 is 10.9. The van der Waals surface area contributed by atoms with Crippen molar-refractivity contribution >= 4 is 11.8 Å². The van der Waals surface area contributed by atoms with Crippen molar-refractivity contribution in [2.75, 3.05) is 13.2 Å². The van der Waals surface area contributed by atoms with Crippen LogP contribution in [0.4, 0.5) is 0 Å². The largest absolute Gasteiger partial charge is 0.372 e. The van der Waals surface area contributed by atoms with Crippen molar-refractivity contribution in [2.45, 2.75) is 44.9 Å². The number of primary amides is 2. The molecule has 0 aromatic heterocycles. The van der Waals surface area contributed by atoms with Crippen molar-refractivity contribution < 1.29 is 19.1 Å². The lowest BCUT2D eigenvalue weighted by Crippen LogP contribution is -2.35. The van der Waals surface area contributed by atoms with E-state index in [1.165, 1.54) is 0 Å². The number of ether oxygens (including phenoxy) is 2. The van der Waals surface area contributed by atoms with Crippen molar-refractivity contribution in [1.29, 1.82) is 0 Å². The molecule has 0 unspecified atom stereocenters. The molecular weight excluding hydrogens is 310 g/mol. The molecule has 1 rings (SSSR count). The van der Waals surface area contributed by atoms with Gasteiger partial charge in [-0.05, 0) is 30.9 Å². The molecule has 0 saturated carbocycles. The van der Waals surface area contributed by atoms with E-state index in [9.17, 15) is 9.59 Å². The molecule has 2 amide bonds. The van der Waals surface area contributed by atoms with Crippen molar-refractivity contribution in [2.24, 2.45) is 17.2 Å². The summed E-state index contributed by atoms with van der Waals surface area (Å²) >= 11 is 0. The van der Waals surface area contributed by atoms with Gasteiger partial charge in [0.15, 0.2) is 0 Å². The molecule has 7 heteroatoms. The van der Waals surface area contributed by atoms with Crippen molar-refractivity contribution in [3.8, 4) is 0 Å². The van der Waals surface area contributed by atoms with Crippen LogP contribution in [0, 0.1) is 0 Å². The summed E-state index contributed by atoms with van der Waals surface area (Å²) in [5.41, 5.74) is 18.2. The second-order valence-corrected chi connectivity index (χ2v) is 5.77. The first kappa shape index (κ1) is 20.1. The predicted octanol–water partition coefficient (Wildman–Crippen LogP) is 0.229. The first-order chi connectivity index (χ1) is 11.4. The Labute approximate surface area is 142 Å². The van der Waals surface area contributed by atoms with Crippen molar-refractivity contribution in [3.05, 3.63) is 35.4 Å². The lowest BCUT2D eigenvalue weighted by Gasteiger charge is -2.20. The number of carbonyl (C=O) groups is 2. The zero-order valence-electron chi connectivity index (χ0n) is 14.1. The van der Waals surface area contributed by atoms with Gasteiger partial charge < -0.3 is 26.7 Å². The van der Waals surface area contributed by atoms with E-state index in [2.05, 4.69) is 0 Å². The molecule has 0 aliphatic rings. The maximum absolute atomic E-state index is 10.8. The molecular formula is C17H27N3O4. The number of hydrogen-bond acceptors (Lipinski definition) is 5. The molecule has 0 bridgehead atoms. The average molecular weight is 337 g/mol. The van der Waals surface area contributed by atoms with Crippen LogP contribution in [-0.4, -0.2) is 37.2 Å². The fourth-order valence-electron chi connectivity index (χ4n) is 2.06. The summed E-state index contributed by atoms with van der Waals surface area (Å²) in [6.45, 7) is 2.73. The molecule has 0 aliphatic carbocycles. The number of nitrogens with two attached hydrogens (primary N) is 3. The highest BCUT2D eigenvalue weighted by Crippen LogP contribution is 2.10. The molecule has 2 atom stereocenters. The van der Waals surface area contributed by atoms with E-state index in [4.69, 9.17) is 26.7 Å². The molecule has 0 fully saturated rings. The Bertz CT molecular complexity index is 519. The topological polar surface area (TPSA) is 131 Å². The number of amides is 2. The SMILES string of the molecule is C[C@@H](OCc1ccc(CCOCC(N)=O)cc1)[C@@H](N)CCC(N)=O. The Morgan fingerprint density at radius 1 is 1.08 bits per heavy atom. The van der Waals surface area contributed by atoms with Gasteiger partial charge in [0.25, 0.3) is 0 Å². The normalized spacial score (nSPS) is 13.4. The van der Waals surface area contributed by atoms with E-state index < -0.39 is 5.91 Å². The lowest BCUT2D eigenvalue weighted by molar-refractivity contribution is -0.122. The fourth-order valence-corrected chi connectivity index (χ4v) is 2.06. The van der Waals surface area contributed by atoms with Gasteiger partial charge in [0.1, 0.15) is 6.61 Å². The van der Waals surface area contributed by atoms with Gasteiger partial charge in [0.05, 0.1) is 19.3 Å². The van der Waals surface area contributed by atoms with Gasteiger partial charge in [-0.25, -0.2) is 0 Å². The second-order valence-electron chi connectivity index (χ2n) is 5.77. The number of carbonyl (C=O) groups excluding carboxylic acids is 2. The van der Waals surface area contributed by atoms with E-state index >= 15 is 0 Å². The predicted molar refractivity (Wildman–Crippen MR) is 90.8 cm³/mol. The Balaban J connectivity index is 2.30. The molecule has 134 valence electrons. The third-order valence-electron chi connectivity index (χ3n) is 3.64. The maximum Gasteiger partial charge on any atom is 0.243 e. The Hall–Kier alpha value is -1.96.